The minimum Gasteiger partial charge on any atom is -0.337 e. The van der Waals surface area contributed by atoms with E-state index >= 15 is 0 Å². The molecule has 6 heteroatoms. The number of hydrogen-bond donors (Lipinski definition) is 0. The van der Waals surface area contributed by atoms with Gasteiger partial charge in [-0.1, -0.05) is 35.5 Å². The van der Waals surface area contributed by atoms with Gasteiger partial charge in [0.05, 0.1) is 6.42 Å². The number of rotatable bonds is 4. The molecule has 0 bridgehead atoms. The van der Waals surface area contributed by atoms with E-state index in [1.54, 1.807) is 11.3 Å². The lowest BCUT2D eigenvalue weighted by atomic mass is 10.2. The second-order valence-corrected chi connectivity index (χ2v) is 6.66. The second kappa shape index (κ2) is 6.57. The normalized spacial score (nSPS) is 17.3. The summed E-state index contributed by atoms with van der Waals surface area (Å²) in [6, 6.07) is 11.6. The van der Waals surface area contributed by atoms with Crippen LogP contribution in [-0.2, 0) is 11.2 Å². The Morgan fingerprint density at radius 2 is 2.17 bits per heavy atom. The summed E-state index contributed by atoms with van der Waals surface area (Å²) in [7, 11) is 0. The van der Waals surface area contributed by atoms with Gasteiger partial charge in [0.1, 0.15) is 6.04 Å². The molecule has 0 unspecified atom stereocenters. The summed E-state index contributed by atoms with van der Waals surface area (Å²) >= 11 is 1.61. The molecule has 24 heavy (non-hydrogen) atoms. The fraction of sp³-hybridized carbons (Fsp3) is 0.278. The number of nitrogens with zero attached hydrogens (tertiary/aromatic N) is 3. The summed E-state index contributed by atoms with van der Waals surface area (Å²) in [6.07, 6.45) is 2.26. The molecular weight excluding hydrogens is 322 g/mol. The molecule has 2 aromatic heterocycles. The van der Waals surface area contributed by atoms with E-state index in [1.807, 2.05) is 52.1 Å². The molecular formula is C18H17N3O2S. The van der Waals surface area contributed by atoms with E-state index < -0.39 is 0 Å². The molecule has 1 aliphatic heterocycles. The van der Waals surface area contributed by atoms with Crippen LogP contribution in [0.3, 0.4) is 0 Å². The predicted molar refractivity (Wildman–Crippen MR) is 91.4 cm³/mol. The lowest BCUT2D eigenvalue weighted by Crippen LogP contribution is -2.31. The number of thiophene rings is 1. The van der Waals surface area contributed by atoms with E-state index in [1.165, 1.54) is 0 Å². The molecule has 3 heterocycles. The third kappa shape index (κ3) is 2.97. The van der Waals surface area contributed by atoms with Gasteiger partial charge in [0.15, 0.2) is 0 Å². The van der Waals surface area contributed by atoms with Gasteiger partial charge in [0.2, 0.25) is 17.6 Å². The summed E-state index contributed by atoms with van der Waals surface area (Å²) in [4.78, 5) is 19.0. The van der Waals surface area contributed by atoms with Gasteiger partial charge in [0.25, 0.3) is 0 Å². The maximum absolute atomic E-state index is 12.6. The first-order valence-electron chi connectivity index (χ1n) is 8.01. The minimum absolute atomic E-state index is 0.110. The third-order valence-electron chi connectivity index (χ3n) is 4.27. The molecule has 0 radical (unpaired) electrons. The van der Waals surface area contributed by atoms with Crippen molar-refractivity contribution in [3.63, 3.8) is 0 Å². The monoisotopic (exact) mass is 339 g/mol. The molecule has 3 aromatic rings. The Bertz CT molecular complexity index is 814. The van der Waals surface area contributed by atoms with Crippen LogP contribution in [-0.4, -0.2) is 27.5 Å². The fourth-order valence-electron chi connectivity index (χ4n) is 3.07. The first-order chi connectivity index (χ1) is 11.8. The van der Waals surface area contributed by atoms with Crippen LogP contribution in [0.15, 0.2) is 51.7 Å². The second-order valence-electron chi connectivity index (χ2n) is 5.88. The van der Waals surface area contributed by atoms with Gasteiger partial charge in [-0.05, 0) is 35.2 Å². The van der Waals surface area contributed by atoms with E-state index in [9.17, 15) is 4.79 Å². The standard InChI is InChI=1S/C18H17N3O2S/c22-16(11-13-8-10-24-12-13)21-9-4-7-15(21)18-19-17(20-23-18)14-5-2-1-3-6-14/h1-3,5-6,8,10,12,15H,4,7,9,11H2/t15-/m1/s1. The van der Waals surface area contributed by atoms with E-state index in [-0.39, 0.29) is 11.9 Å². The number of benzene rings is 1. The van der Waals surface area contributed by atoms with Gasteiger partial charge in [-0.2, -0.15) is 16.3 Å². The Hall–Kier alpha value is -2.47. The third-order valence-corrected chi connectivity index (χ3v) is 5.00. The zero-order valence-corrected chi connectivity index (χ0v) is 13.9. The molecule has 0 aliphatic carbocycles. The van der Waals surface area contributed by atoms with E-state index in [2.05, 4.69) is 10.1 Å². The van der Waals surface area contributed by atoms with Crippen LogP contribution in [0.1, 0.15) is 30.3 Å². The highest BCUT2D eigenvalue weighted by molar-refractivity contribution is 7.08. The van der Waals surface area contributed by atoms with Gasteiger partial charge in [-0.15, -0.1) is 0 Å². The Kier molecular flexibility index (Phi) is 4.13. The number of hydrogen-bond acceptors (Lipinski definition) is 5. The molecule has 1 saturated heterocycles. The van der Waals surface area contributed by atoms with Crippen LogP contribution in [0.5, 0.6) is 0 Å². The molecule has 1 amide bonds. The highest BCUT2D eigenvalue weighted by atomic mass is 32.1. The van der Waals surface area contributed by atoms with Gasteiger partial charge in [-0.25, -0.2) is 0 Å². The zero-order chi connectivity index (χ0) is 16.4. The summed E-state index contributed by atoms with van der Waals surface area (Å²) in [5.74, 6) is 1.23. The molecule has 4 rings (SSSR count). The number of carbonyl (C=O) groups is 1. The first kappa shape index (κ1) is 15.1. The van der Waals surface area contributed by atoms with Crippen LogP contribution in [0, 0.1) is 0 Å². The van der Waals surface area contributed by atoms with Crippen molar-refractivity contribution < 1.29 is 9.32 Å². The van der Waals surface area contributed by atoms with E-state index in [0.29, 0.717) is 18.1 Å². The van der Waals surface area contributed by atoms with Crippen LogP contribution in [0.25, 0.3) is 11.4 Å². The average molecular weight is 339 g/mol. The van der Waals surface area contributed by atoms with Gasteiger partial charge in [0, 0.05) is 12.1 Å². The molecule has 1 atom stereocenters. The highest BCUT2D eigenvalue weighted by Crippen LogP contribution is 2.32. The molecule has 1 aliphatic rings. The zero-order valence-electron chi connectivity index (χ0n) is 13.1. The van der Waals surface area contributed by atoms with Crippen molar-refractivity contribution in [2.75, 3.05) is 6.54 Å². The van der Waals surface area contributed by atoms with Crippen LogP contribution in [0.4, 0.5) is 0 Å². The SMILES string of the molecule is O=C(Cc1ccsc1)N1CCC[C@@H]1c1nc(-c2ccccc2)no1. The van der Waals surface area contributed by atoms with E-state index in [4.69, 9.17) is 4.52 Å². The summed E-state index contributed by atoms with van der Waals surface area (Å²) in [6.45, 7) is 0.747. The molecule has 1 aromatic carbocycles. The van der Waals surface area contributed by atoms with Crippen molar-refractivity contribution in [3.05, 3.63) is 58.6 Å². The number of carbonyl (C=O) groups excluding carboxylic acids is 1. The smallest absolute Gasteiger partial charge is 0.249 e. The molecule has 0 spiro atoms. The fourth-order valence-corrected chi connectivity index (χ4v) is 3.74. The Morgan fingerprint density at radius 1 is 1.29 bits per heavy atom. The summed E-state index contributed by atoms with van der Waals surface area (Å²) < 4.78 is 5.47. The lowest BCUT2D eigenvalue weighted by Gasteiger charge is -2.21. The summed E-state index contributed by atoms with van der Waals surface area (Å²) in [5, 5.41) is 8.09. The highest BCUT2D eigenvalue weighted by Gasteiger charge is 2.34. The molecule has 0 N–H and O–H groups in total. The van der Waals surface area contributed by atoms with Crippen molar-refractivity contribution >= 4 is 17.2 Å². The van der Waals surface area contributed by atoms with Crippen molar-refractivity contribution in [2.24, 2.45) is 0 Å². The lowest BCUT2D eigenvalue weighted by molar-refractivity contribution is -0.131. The molecule has 122 valence electrons. The first-order valence-corrected chi connectivity index (χ1v) is 8.95. The Balaban J connectivity index is 1.53. The maximum Gasteiger partial charge on any atom is 0.249 e. The predicted octanol–water partition coefficient (Wildman–Crippen LogP) is 3.70. The molecule has 1 fully saturated rings. The number of amides is 1. The molecule has 5 nitrogen and oxygen atoms in total. The van der Waals surface area contributed by atoms with Crippen LogP contribution in [0.2, 0.25) is 0 Å². The minimum atomic E-state index is -0.110. The molecule has 0 saturated carbocycles. The van der Waals surface area contributed by atoms with Gasteiger partial charge < -0.3 is 9.42 Å². The topological polar surface area (TPSA) is 59.2 Å². The van der Waals surface area contributed by atoms with Crippen molar-refractivity contribution in [3.8, 4) is 11.4 Å². The van der Waals surface area contributed by atoms with Crippen molar-refractivity contribution in [1.29, 1.82) is 0 Å². The Labute approximate surface area is 143 Å². The average Bonchev–Trinajstić information content (AvgIpc) is 3.36. The number of aromatic nitrogens is 2. The van der Waals surface area contributed by atoms with Crippen LogP contribution >= 0.6 is 11.3 Å². The number of likely N-dealkylation sites (tertiary alicyclic amines) is 1. The van der Waals surface area contributed by atoms with E-state index in [0.717, 1.165) is 30.5 Å². The van der Waals surface area contributed by atoms with Crippen molar-refractivity contribution in [1.82, 2.24) is 15.0 Å². The van der Waals surface area contributed by atoms with Crippen molar-refractivity contribution in [2.45, 2.75) is 25.3 Å². The maximum atomic E-state index is 12.6. The van der Waals surface area contributed by atoms with Crippen LogP contribution < -0.4 is 0 Å². The Morgan fingerprint density at radius 3 is 2.96 bits per heavy atom. The quantitative estimate of drug-likeness (QED) is 0.727. The van der Waals surface area contributed by atoms with Gasteiger partial charge >= 0.3 is 0 Å². The summed E-state index contributed by atoms with van der Waals surface area (Å²) in [5.41, 5.74) is 1.98. The largest absolute Gasteiger partial charge is 0.337 e. The van der Waals surface area contributed by atoms with Gasteiger partial charge in [-0.3, -0.25) is 4.79 Å².